The first kappa shape index (κ1) is 16.8. The molecule has 0 atom stereocenters. The van der Waals surface area contributed by atoms with Gasteiger partial charge in [0.15, 0.2) is 5.75 Å². The van der Waals surface area contributed by atoms with Gasteiger partial charge in [-0.15, -0.1) is 0 Å². The maximum absolute atomic E-state index is 12.5. The lowest BCUT2D eigenvalue weighted by molar-refractivity contribution is -0.385. The average molecular weight is 349 g/mol. The fourth-order valence-corrected chi connectivity index (χ4v) is 1.85. The van der Waals surface area contributed by atoms with Crippen molar-refractivity contribution in [2.24, 2.45) is 0 Å². The Balaban J connectivity index is 2.33. The third kappa shape index (κ3) is 3.81. The molecule has 0 unspecified atom stereocenters. The highest BCUT2D eigenvalue weighted by molar-refractivity contribution is 6.31. The first-order valence-electron chi connectivity index (χ1n) is 5.95. The van der Waals surface area contributed by atoms with Crippen LogP contribution in [0.1, 0.15) is 5.56 Å². The molecule has 0 spiro atoms. The van der Waals surface area contributed by atoms with Crippen molar-refractivity contribution in [2.45, 2.75) is 6.18 Å². The zero-order valence-electron chi connectivity index (χ0n) is 11.4. The quantitative estimate of drug-likeness (QED) is 0.602. The van der Waals surface area contributed by atoms with Crippen molar-refractivity contribution in [2.75, 3.05) is 7.11 Å². The molecule has 0 aliphatic heterocycles. The molecule has 0 saturated heterocycles. The lowest BCUT2D eigenvalue weighted by Crippen LogP contribution is -2.05. The van der Waals surface area contributed by atoms with Crippen molar-refractivity contribution in [1.82, 2.24) is 4.98 Å². The highest BCUT2D eigenvalue weighted by Crippen LogP contribution is 2.36. The van der Waals surface area contributed by atoms with Crippen LogP contribution in [-0.4, -0.2) is 17.0 Å². The summed E-state index contributed by atoms with van der Waals surface area (Å²) in [6, 6.07) is 4.32. The minimum Gasteiger partial charge on any atom is -0.490 e. The molecule has 0 fully saturated rings. The van der Waals surface area contributed by atoms with Crippen LogP contribution < -0.4 is 9.47 Å². The number of benzene rings is 1. The topological polar surface area (TPSA) is 74.5 Å². The van der Waals surface area contributed by atoms with Gasteiger partial charge in [0, 0.05) is 6.20 Å². The van der Waals surface area contributed by atoms with E-state index in [1.165, 1.54) is 19.2 Å². The average Bonchev–Trinajstić information content (AvgIpc) is 2.48. The molecule has 1 heterocycles. The Morgan fingerprint density at radius 1 is 1.30 bits per heavy atom. The van der Waals surface area contributed by atoms with Crippen molar-refractivity contribution in [1.29, 1.82) is 0 Å². The molecule has 2 aromatic rings. The largest absolute Gasteiger partial charge is 0.490 e. The number of nitrogens with zero attached hydrogens (tertiary/aromatic N) is 2. The SMILES string of the molecule is COc1ccc(Oc2ncc(C(F)(F)F)cc2Cl)cc1[N+](=O)[O-]. The summed E-state index contributed by atoms with van der Waals surface area (Å²) in [5, 5.41) is 10.5. The number of nitro groups is 1. The first-order valence-corrected chi connectivity index (χ1v) is 6.33. The molecule has 10 heteroatoms. The van der Waals surface area contributed by atoms with Crippen LogP contribution in [0.25, 0.3) is 0 Å². The van der Waals surface area contributed by atoms with Crippen LogP contribution in [0.4, 0.5) is 18.9 Å². The van der Waals surface area contributed by atoms with Gasteiger partial charge in [-0.05, 0) is 18.2 Å². The van der Waals surface area contributed by atoms with E-state index in [1.54, 1.807) is 0 Å². The van der Waals surface area contributed by atoms with Crippen molar-refractivity contribution < 1.29 is 27.6 Å². The van der Waals surface area contributed by atoms with Gasteiger partial charge in [0.1, 0.15) is 10.8 Å². The summed E-state index contributed by atoms with van der Waals surface area (Å²) in [5.41, 5.74) is -1.40. The van der Waals surface area contributed by atoms with Crippen LogP contribution in [0.15, 0.2) is 30.5 Å². The summed E-state index contributed by atoms with van der Waals surface area (Å²) in [6.07, 6.45) is -4.03. The van der Waals surface area contributed by atoms with Crippen LogP contribution in [0, 0.1) is 10.1 Å². The predicted molar refractivity (Wildman–Crippen MR) is 74.0 cm³/mol. The number of halogens is 4. The minimum absolute atomic E-state index is 0.00817. The van der Waals surface area contributed by atoms with Crippen LogP contribution in [0.2, 0.25) is 5.02 Å². The van der Waals surface area contributed by atoms with Gasteiger partial charge in [-0.2, -0.15) is 13.2 Å². The third-order valence-electron chi connectivity index (χ3n) is 2.70. The smallest absolute Gasteiger partial charge is 0.417 e. The monoisotopic (exact) mass is 348 g/mol. The summed E-state index contributed by atoms with van der Waals surface area (Å²) in [4.78, 5) is 13.7. The molecule has 2 rings (SSSR count). The molecule has 0 saturated carbocycles. The van der Waals surface area contributed by atoms with Gasteiger partial charge in [0.05, 0.1) is 23.7 Å². The molecule has 0 bridgehead atoms. The zero-order chi connectivity index (χ0) is 17.2. The standard InChI is InChI=1S/C13H8ClF3N2O4/c1-22-11-3-2-8(5-10(11)19(20)21)23-12-9(14)4-7(6-18-12)13(15,16)17/h2-6H,1H3. The number of pyridine rings is 1. The van der Waals surface area contributed by atoms with E-state index in [-0.39, 0.29) is 28.1 Å². The Morgan fingerprint density at radius 3 is 2.52 bits per heavy atom. The van der Waals surface area contributed by atoms with Crippen molar-refractivity contribution >= 4 is 17.3 Å². The van der Waals surface area contributed by atoms with Crippen LogP contribution in [0.5, 0.6) is 17.4 Å². The Labute approximate surface area is 132 Å². The maximum atomic E-state index is 12.5. The predicted octanol–water partition coefficient (Wildman–Crippen LogP) is 4.46. The highest BCUT2D eigenvalue weighted by atomic mass is 35.5. The van der Waals surface area contributed by atoms with Crippen molar-refractivity contribution in [3.63, 3.8) is 0 Å². The summed E-state index contributed by atoms with van der Waals surface area (Å²) in [7, 11) is 1.26. The summed E-state index contributed by atoms with van der Waals surface area (Å²) in [5.74, 6) is -0.320. The van der Waals surface area contributed by atoms with Crippen LogP contribution in [0.3, 0.4) is 0 Å². The summed E-state index contributed by atoms with van der Waals surface area (Å²) >= 11 is 5.70. The number of alkyl halides is 3. The highest BCUT2D eigenvalue weighted by Gasteiger charge is 2.31. The number of hydrogen-bond acceptors (Lipinski definition) is 5. The molecule has 23 heavy (non-hydrogen) atoms. The van der Waals surface area contributed by atoms with Crippen molar-refractivity contribution in [3.05, 3.63) is 51.2 Å². The number of rotatable bonds is 4. The lowest BCUT2D eigenvalue weighted by atomic mass is 10.2. The molecular weight excluding hydrogens is 341 g/mol. The molecule has 0 N–H and O–H groups in total. The molecule has 1 aromatic heterocycles. The lowest BCUT2D eigenvalue weighted by Gasteiger charge is -2.10. The van der Waals surface area contributed by atoms with E-state index in [2.05, 4.69) is 4.98 Å². The van der Waals surface area contributed by atoms with E-state index in [9.17, 15) is 23.3 Å². The fourth-order valence-electron chi connectivity index (χ4n) is 1.64. The molecule has 122 valence electrons. The Morgan fingerprint density at radius 2 is 2.00 bits per heavy atom. The number of nitro benzene ring substituents is 1. The van der Waals surface area contributed by atoms with Gasteiger partial charge in [0.2, 0.25) is 5.88 Å². The molecule has 1 aromatic carbocycles. The summed E-state index contributed by atoms with van der Waals surface area (Å²) in [6.45, 7) is 0. The van der Waals surface area contributed by atoms with Crippen LogP contribution >= 0.6 is 11.6 Å². The summed E-state index contributed by atoms with van der Waals surface area (Å²) < 4.78 is 47.6. The number of hydrogen-bond donors (Lipinski definition) is 0. The molecule has 0 radical (unpaired) electrons. The molecule has 6 nitrogen and oxygen atoms in total. The number of ether oxygens (including phenoxy) is 2. The van der Waals surface area contributed by atoms with Gasteiger partial charge in [-0.1, -0.05) is 11.6 Å². The fraction of sp³-hybridized carbons (Fsp3) is 0.154. The first-order chi connectivity index (χ1) is 10.7. The Kier molecular flexibility index (Phi) is 4.60. The normalized spacial score (nSPS) is 11.2. The van der Waals surface area contributed by atoms with Gasteiger partial charge in [-0.3, -0.25) is 10.1 Å². The number of aromatic nitrogens is 1. The number of methoxy groups -OCH3 is 1. The minimum atomic E-state index is -4.59. The Bertz CT molecular complexity index is 752. The Hall–Kier alpha value is -2.55. The molecule has 0 aliphatic rings. The second kappa shape index (κ2) is 6.29. The second-order valence-corrected chi connectivity index (χ2v) is 4.61. The second-order valence-electron chi connectivity index (χ2n) is 4.20. The van der Waals surface area contributed by atoms with E-state index in [0.29, 0.717) is 12.3 Å². The van der Waals surface area contributed by atoms with E-state index in [4.69, 9.17) is 21.1 Å². The van der Waals surface area contributed by atoms with Crippen LogP contribution in [-0.2, 0) is 6.18 Å². The van der Waals surface area contributed by atoms with Crippen molar-refractivity contribution in [3.8, 4) is 17.4 Å². The molecule has 0 aliphatic carbocycles. The van der Waals surface area contributed by atoms with Gasteiger partial charge in [-0.25, -0.2) is 4.98 Å². The van der Waals surface area contributed by atoms with Gasteiger partial charge < -0.3 is 9.47 Å². The van der Waals surface area contributed by atoms with E-state index >= 15 is 0 Å². The molecule has 0 amide bonds. The van der Waals surface area contributed by atoms with Gasteiger partial charge >= 0.3 is 11.9 Å². The van der Waals surface area contributed by atoms with E-state index in [1.807, 2.05) is 0 Å². The zero-order valence-corrected chi connectivity index (χ0v) is 12.2. The maximum Gasteiger partial charge on any atom is 0.417 e. The van der Waals surface area contributed by atoms with Gasteiger partial charge in [0.25, 0.3) is 0 Å². The molecular formula is C13H8ClF3N2O4. The third-order valence-corrected chi connectivity index (χ3v) is 2.97. The van der Waals surface area contributed by atoms with E-state index in [0.717, 1.165) is 6.07 Å². The van der Waals surface area contributed by atoms with E-state index < -0.39 is 16.7 Å².